The molecule has 3 aromatic rings. The van der Waals surface area contributed by atoms with Crippen LogP contribution in [-0.4, -0.2) is 23.2 Å². The molecule has 0 amide bonds. The van der Waals surface area contributed by atoms with Gasteiger partial charge in [-0.25, -0.2) is 13.1 Å². The van der Waals surface area contributed by atoms with Gasteiger partial charge in [0.05, 0.1) is 34.6 Å². The molecule has 2 aromatic heterocycles. The second-order valence-corrected chi connectivity index (χ2v) is 9.52. The van der Waals surface area contributed by atoms with E-state index in [1.54, 1.807) is 25.3 Å². The Balaban J connectivity index is 1.61. The molecule has 0 radical (unpaired) electrons. The number of halogens is 1. The van der Waals surface area contributed by atoms with Crippen LogP contribution >= 0.6 is 11.6 Å². The normalized spacial score (nSPS) is 15.1. The maximum atomic E-state index is 12.8. The van der Waals surface area contributed by atoms with Crippen molar-refractivity contribution >= 4 is 21.6 Å². The smallest absolute Gasteiger partial charge is 0.241 e. The molecule has 1 aromatic carbocycles. The molecule has 1 fully saturated rings. The minimum absolute atomic E-state index is 0.105. The van der Waals surface area contributed by atoms with E-state index in [2.05, 4.69) is 9.71 Å². The Bertz CT molecular complexity index is 1110. The third kappa shape index (κ3) is 4.37. The van der Waals surface area contributed by atoms with Crippen LogP contribution in [0.1, 0.15) is 43.0 Å². The van der Waals surface area contributed by atoms with Crippen LogP contribution in [0.2, 0.25) is 5.02 Å². The average Bonchev–Trinajstić information content (AvgIpc) is 3.38. The van der Waals surface area contributed by atoms with Crippen LogP contribution in [-0.2, 0) is 16.6 Å². The first-order chi connectivity index (χ1) is 13.9. The molecule has 6 nitrogen and oxygen atoms in total. The summed E-state index contributed by atoms with van der Waals surface area (Å²) in [5.74, 6) is 0. The third-order valence-electron chi connectivity index (χ3n) is 5.27. The number of pyridine rings is 1. The molecular weight excluding hydrogens is 408 g/mol. The molecule has 1 aliphatic carbocycles. The Morgan fingerprint density at radius 1 is 1.17 bits per heavy atom. The van der Waals surface area contributed by atoms with E-state index in [-0.39, 0.29) is 11.4 Å². The van der Waals surface area contributed by atoms with Gasteiger partial charge in [-0.2, -0.15) is 5.10 Å². The van der Waals surface area contributed by atoms with Crippen LogP contribution < -0.4 is 4.72 Å². The van der Waals surface area contributed by atoms with Gasteiger partial charge in [-0.15, -0.1) is 0 Å². The van der Waals surface area contributed by atoms with Gasteiger partial charge in [-0.3, -0.25) is 9.67 Å². The first-order valence-corrected chi connectivity index (χ1v) is 11.6. The summed E-state index contributed by atoms with van der Waals surface area (Å²) in [6.07, 6.45) is 6.28. The van der Waals surface area contributed by atoms with Crippen LogP contribution in [0.25, 0.3) is 11.4 Å². The molecule has 1 saturated carbocycles. The summed E-state index contributed by atoms with van der Waals surface area (Å²) in [6.45, 7) is 1.85. The van der Waals surface area contributed by atoms with Crippen molar-refractivity contribution in [2.24, 2.45) is 0 Å². The van der Waals surface area contributed by atoms with Gasteiger partial charge in [0.25, 0.3) is 0 Å². The molecule has 29 heavy (non-hydrogen) atoms. The predicted octanol–water partition coefficient (Wildman–Crippen LogP) is 4.50. The predicted molar refractivity (Wildman–Crippen MR) is 113 cm³/mol. The van der Waals surface area contributed by atoms with E-state index in [9.17, 15) is 8.42 Å². The molecule has 0 atom stereocenters. The molecule has 1 aliphatic rings. The summed E-state index contributed by atoms with van der Waals surface area (Å²) >= 11 is 5.99. The van der Waals surface area contributed by atoms with Crippen molar-refractivity contribution in [3.8, 4) is 11.4 Å². The molecule has 152 valence electrons. The van der Waals surface area contributed by atoms with Crippen molar-refractivity contribution in [3.05, 3.63) is 64.9 Å². The second-order valence-electron chi connectivity index (χ2n) is 7.35. The van der Waals surface area contributed by atoms with E-state index < -0.39 is 10.0 Å². The van der Waals surface area contributed by atoms with Crippen molar-refractivity contribution in [3.63, 3.8) is 0 Å². The zero-order chi connectivity index (χ0) is 20.4. The quantitative estimate of drug-likeness (QED) is 0.624. The molecule has 2 heterocycles. The van der Waals surface area contributed by atoms with E-state index >= 15 is 0 Å². The van der Waals surface area contributed by atoms with Crippen LogP contribution in [0.4, 0.5) is 0 Å². The van der Waals surface area contributed by atoms with E-state index in [1.165, 1.54) is 18.9 Å². The van der Waals surface area contributed by atoms with Gasteiger partial charge in [0.1, 0.15) is 0 Å². The van der Waals surface area contributed by atoms with Crippen molar-refractivity contribution < 1.29 is 8.42 Å². The van der Waals surface area contributed by atoms with Gasteiger partial charge >= 0.3 is 0 Å². The van der Waals surface area contributed by atoms with Gasteiger partial charge in [-0.1, -0.05) is 36.6 Å². The van der Waals surface area contributed by atoms with Crippen LogP contribution in [0.3, 0.4) is 0 Å². The SMILES string of the molecule is Cc1ccc(Cl)cc1S(=O)(=O)NCc1cc(-c2ccccn2)n(C2CCCC2)n1. The van der Waals surface area contributed by atoms with Crippen LogP contribution in [0.15, 0.2) is 53.6 Å². The number of aromatic nitrogens is 3. The number of aryl methyl sites for hydroxylation is 1. The number of hydrogen-bond donors (Lipinski definition) is 1. The third-order valence-corrected chi connectivity index (χ3v) is 7.05. The summed E-state index contributed by atoms with van der Waals surface area (Å²) in [5.41, 5.74) is 3.07. The summed E-state index contributed by atoms with van der Waals surface area (Å²) in [5, 5.41) is 5.12. The van der Waals surface area contributed by atoms with Crippen LogP contribution in [0, 0.1) is 6.92 Å². The highest BCUT2D eigenvalue weighted by Gasteiger charge is 2.23. The van der Waals surface area contributed by atoms with Gasteiger partial charge in [0.15, 0.2) is 0 Å². The molecule has 0 saturated heterocycles. The monoisotopic (exact) mass is 430 g/mol. The molecule has 8 heteroatoms. The molecule has 0 unspecified atom stereocenters. The number of hydrogen-bond acceptors (Lipinski definition) is 4. The molecular formula is C21H23ClN4O2S. The fraction of sp³-hybridized carbons (Fsp3) is 0.333. The molecule has 1 N–H and O–H groups in total. The van der Waals surface area contributed by atoms with Crippen molar-refractivity contribution in [2.75, 3.05) is 0 Å². The largest absolute Gasteiger partial charge is 0.260 e. The number of nitrogens with zero attached hydrogens (tertiary/aromatic N) is 3. The standard InChI is InChI=1S/C21H23ClN4O2S/c1-15-9-10-16(22)12-21(15)29(27,28)24-14-17-13-20(19-8-4-5-11-23-19)26(25-17)18-6-2-3-7-18/h4-5,8-13,18,24H,2-3,6-7,14H2,1H3. The van der Waals surface area contributed by atoms with Gasteiger partial charge in [0.2, 0.25) is 10.0 Å². The number of nitrogens with one attached hydrogen (secondary N) is 1. The minimum atomic E-state index is -3.70. The second kappa shape index (κ2) is 8.26. The van der Waals surface area contributed by atoms with E-state index in [0.717, 1.165) is 24.2 Å². The fourth-order valence-corrected chi connectivity index (χ4v) is 5.28. The zero-order valence-electron chi connectivity index (χ0n) is 16.2. The average molecular weight is 431 g/mol. The highest BCUT2D eigenvalue weighted by molar-refractivity contribution is 7.89. The summed E-state index contributed by atoms with van der Waals surface area (Å²) in [7, 11) is -3.70. The lowest BCUT2D eigenvalue weighted by Crippen LogP contribution is -2.24. The van der Waals surface area contributed by atoms with Crippen molar-refractivity contribution in [1.82, 2.24) is 19.5 Å². The first-order valence-electron chi connectivity index (χ1n) is 9.70. The maximum Gasteiger partial charge on any atom is 0.241 e. The molecule has 0 spiro atoms. The number of sulfonamides is 1. The van der Waals surface area contributed by atoms with Crippen LogP contribution in [0.5, 0.6) is 0 Å². The van der Waals surface area contributed by atoms with Crippen molar-refractivity contribution in [2.45, 2.75) is 50.1 Å². The summed E-state index contributed by atoms with van der Waals surface area (Å²) < 4.78 is 30.2. The summed E-state index contributed by atoms with van der Waals surface area (Å²) in [6, 6.07) is 12.9. The van der Waals surface area contributed by atoms with Crippen molar-refractivity contribution in [1.29, 1.82) is 0 Å². The Hall–Kier alpha value is -2.22. The molecule has 0 aliphatic heterocycles. The Morgan fingerprint density at radius 2 is 1.97 bits per heavy atom. The molecule has 4 rings (SSSR count). The Labute approximate surface area is 176 Å². The lowest BCUT2D eigenvalue weighted by molar-refractivity contribution is 0.466. The van der Waals surface area contributed by atoms with Gasteiger partial charge in [0, 0.05) is 11.2 Å². The zero-order valence-corrected chi connectivity index (χ0v) is 17.7. The lowest BCUT2D eigenvalue weighted by atomic mass is 10.2. The van der Waals surface area contributed by atoms with E-state index in [0.29, 0.717) is 22.3 Å². The number of benzene rings is 1. The maximum absolute atomic E-state index is 12.8. The topological polar surface area (TPSA) is 76.9 Å². The highest BCUT2D eigenvalue weighted by atomic mass is 35.5. The van der Waals surface area contributed by atoms with Gasteiger partial charge < -0.3 is 0 Å². The van der Waals surface area contributed by atoms with Gasteiger partial charge in [-0.05, 0) is 55.7 Å². The fourth-order valence-electron chi connectivity index (χ4n) is 3.77. The highest BCUT2D eigenvalue weighted by Crippen LogP contribution is 2.33. The first kappa shape index (κ1) is 20.1. The Morgan fingerprint density at radius 3 is 2.69 bits per heavy atom. The number of rotatable bonds is 6. The minimum Gasteiger partial charge on any atom is -0.260 e. The summed E-state index contributed by atoms with van der Waals surface area (Å²) in [4.78, 5) is 4.64. The molecule has 0 bridgehead atoms. The lowest BCUT2D eigenvalue weighted by Gasteiger charge is -2.13. The van der Waals surface area contributed by atoms with E-state index in [4.69, 9.17) is 16.7 Å². The Kier molecular flexibility index (Phi) is 5.72. The van der Waals surface area contributed by atoms with E-state index in [1.807, 2.05) is 28.9 Å².